The van der Waals surface area contributed by atoms with E-state index in [1.807, 2.05) is 0 Å². The average molecular weight is 256 g/mol. The predicted molar refractivity (Wildman–Crippen MR) is 66.6 cm³/mol. The molecule has 1 aromatic rings. The van der Waals surface area contributed by atoms with Crippen molar-refractivity contribution in [1.82, 2.24) is 0 Å². The van der Waals surface area contributed by atoms with Crippen LogP contribution in [0.15, 0.2) is 16.6 Å². The molecule has 2 N–H and O–H groups in total. The van der Waals surface area contributed by atoms with E-state index in [9.17, 15) is 0 Å². The maximum absolute atomic E-state index is 5.98. The first-order chi connectivity index (χ1) is 6.36. The van der Waals surface area contributed by atoms with Crippen molar-refractivity contribution in [2.24, 2.45) is 0 Å². The first-order valence-corrected chi connectivity index (χ1v) is 5.74. The Morgan fingerprint density at radius 3 is 2.29 bits per heavy atom. The molecule has 0 radical (unpaired) electrons. The van der Waals surface area contributed by atoms with Gasteiger partial charge in [0.1, 0.15) is 0 Å². The highest BCUT2D eigenvalue weighted by molar-refractivity contribution is 9.10. The molecule has 0 saturated carbocycles. The first kappa shape index (κ1) is 11.6. The third kappa shape index (κ3) is 2.30. The van der Waals surface area contributed by atoms with E-state index in [0.717, 1.165) is 16.6 Å². The Kier molecular flexibility index (Phi) is 3.25. The second-order valence-corrected chi connectivity index (χ2v) is 5.49. The van der Waals surface area contributed by atoms with Gasteiger partial charge in [0.05, 0.1) is 0 Å². The van der Waals surface area contributed by atoms with Crippen LogP contribution in [0.1, 0.15) is 38.8 Å². The summed E-state index contributed by atoms with van der Waals surface area (Å²) in [5.41, 5.74) is 9.50. The monoisotopic (exact) mass is 255 g/mol. The van der Waals surface area contributed by atoms with Crippen LogP contribution in [0.2, 0.25) is 0 Å². The van der Waals surface area contributed by atoms with E-state index in [-0.39, 0.29) is 5.41 Å². The van der Waals surface area contributed by atoms with Gasteiger partial charge >= 0.3 is 0 Å². The molecule has 0 unspecified atom stereocenters. The molecule has 0 aliphatic heterocycles. The Balaban J connectivity index is 3.29. The minimum Gasteiger partial charge on any atom is -0.398 e. The van der Waals surface area contributed by atoms with E-state index < -0.39 is 0 Å². The molecule has 0 saturated heterocycles. The van der Waals surface area contributed by atoms with E-state index >= 15 is 0 Å². The second kappa shape index (κ2) is 3.93. The van der Waals surface area contributed by atoms with Crippen molar-refractivity contribution < 1.29 is 0 Å². The Morgan fingerprint density at radius 2 is 1.86 bits per heavy atom. The van der Waals surface area contributed by atoms with Gasteiger partial charge in [-0.2, -0.15) is 0 Å². The highest BCUT2D eigenvalue weighted by Gasteiger charge is 2.18. The van der Waals surface area contributed by atoms with Crippen molar-refractivity contribution in [3.8, 4) is 0 Å². The lowest BCUT2D eigenvalue weighted by atomic mass is 9.86. The summed E-state index contributed by atoms with van der Waals surface area (Å²) in [4.78, 5) is 0. The smallest absolute Gasteiger partial charge is 0.0350 e. The van der Waals surface area contributed by atoms with Crippen LogP contribution in [0.4, 0.5) is 5.69 Å². The molecule has 2 heteroatoms. The lowest BCUT2D eigenvalue weighted by Crippen LogP contribution is -2.13. The van der Waals surface area contributed by atoms with E-state index in [1.165, 1.54) is 11.1 Å². The van der Waals surface area contributed by atoms with Crippen LogP contribution in [0, 0.1) is 0 Å². The SMILES string of the molecule is CCc1cc(Br)c(C(C)(C)C)cc1N. The van der Waals surface area contributed by atoms with Crippen LogP contribution in [-0.4, -0.2) is 0 Å². The quantitative estimate of drug-likeness (QED) is 0.758. The van der Waals surface area contributed by atoms with Gasteiger partial charge in [0.15, 0.2) is 0 Å². The summed E-state index contributed by atoms with van der Waals surface area (Å²) in [7, 11) is 0. The predicted octanol–water partition coefficient (Wildman–Crippen LogP) is 3.89. The molecule has 0 spiro atoms. The standard InChI is InChI=1S/C12H18BrN/c1-5-8-6-10(13)9(7-11(8)14)12(2,3)4/h6-7H,5,14H2,1-4H3. The molecule has 0 bridgehead atoms. The largest absolute Gasteiger partial charge is 0.398 e. The molecule has 14 heavy (non-hydrogen) atoms. The summed E-state index contributed by atoms with van der Waals surface area (Å²) >= 11 is 3.60. The molecular formula is C12H18BrN. The molecule has 0 amide bonds. The van der Waals surface area contributed by atoms with Gasteiger partial charge in [-0.3, -0.25) is 0 Å². The lowest BCUT2D eigenvalue weighted by Gasteiger charge is -2.22. The van der Waals surface area contributed by atoms with Gasteiger partial charge in [-0.05, 0) is 35.1 Å². The molecular weight excluding hydrogens is 238 g/mol. The first-order valence-electron chi connectivity index (χ1n) is 4.94. The molecule has 78 valence electrons. The molecule has 0 aliphatic rings. The van der Waals surface area contributed by atoms with Crippen LogP contribution < -0.4 is 5.73 Å². The van der Waals surface area contributed by atoms with E-state index in [0.29, 0.717) is 0 Å². The van der Waals surface area contributed by atoms with Crippen LogP contribution >= 0.6 is 15.9 Å². The minimum atomic E-state index is 0.138. The number of hydrogen-bond acceptors (Lipinski definition) is 1. The molecule has 1 rings (SSSR count). The average Bonchev–Trinajstić information content (AvgIpc) is 2.06. The van der Waals surface area contributed by atoms with Gasteiger partial charge in [-0.1, -0.05) is 43.6 Å². The Morgan fingerprint density at radius 1 is 1.29 bits per heavy atom. The van der Waals surface area contributed by atoms with E-state index in [1.54, 1.807) is 0 Å². The lowest BCUT2D eigenvalue weighted by molar-refractivity contribution is 0.587. The number of hydrogen-bond donors (Lipinski definition) is 1. The van der Waals surface area contributed by atoms with E-state index in [2.05, 4.69) is 55.8 Å². The number of rotatable bonds is 1. The summed E-state index contributed by atoms with van der Waals surface area (Å²) < 4.78 is 1.16. The minimum absolute atomic E-state index is 0.138. The fraction of sp³-hybridized carbons (Fsp3) is 0.500. The van der Waals surface area contributed by atoms with Gasteiger partial charge in [0, 0.05) is 10.2 Å². The fourth-order valence-electron chi connectivity index (χ4n) is 1.51. The summed E-state index contributed by atoms with van der Waals surface area (Å²) in [6.45, 7) is 8.70. The number of nitrogen functional groups attached to an aromatic ring is 1. The van der Waals surface area contributed by atoms with Gasteiger partial charge in [-0.25, -0.2) is 0 Å². The number of nitrogens with two attached hydrogens (primary N) is 1. The summed E-state index contributed by atoms with van der Waals surface area (Å²) in [6.07, 6.45) is 0.981. The topological polar surface area (TPSA) is 26.0 Å². The van der Waals surface area contributed by atoms with Crippen molar-refractivity contribution in [2.75, 3.05) is 5.73 Å². The molecule has 0 fully saturated rings. The van der Waals surface area contributed by atoms with Crippen molar-refractivity contribution in [3.05, 3.63) is 27.7 Å². The third-order valence-corrected chi connectivity index (χ3v) is 3.07. The zero-order valence-corrected chi connectivity index (χ0v) is 10.9. The van der Waals surface area contributed by atoms with Gasteiger partial charge in [0.2, 0.25) is 0 Å². The molecule has 0 heterocycles. The van der Waals surface area contributed by atoms with Gasteiger partial charge in [-0.15, -0.1) is 0 Å². The maximum atomic E-state index is 5.98. The molecule has 0 atom stereocenters. The van der Waals surface area contributed by atoms with Crippen LogP contribution in [-0.2, 0) is 11.8 Å². The second-order valence-electron chi connectivity index (χ2n) is 4.63. The third-order valence-electron chi connectivity index (χ3n) is 2.42. The van der Waals surface area contributed by atoms with Crippen LogP contribution in [0.25, 0.3) is 0 Å². The Bertz CT molecular complexity index is 337. The highest BCUT2D eigenvalue weighted by Crippen LogP contribution is 2.33. The normalized spacial score (nSPS) is 11.8. The number of benzene rings is 1. The Labute approximate surface area is 94.8 Å². The van der Waals surface area contributed by atoms with E-state index in [4.69, 9.17) is 5.73 Å². The molecule has 1 aromatic carbocycles. The fourth-order valence-corrected chi connectivity index (χ4v) is 2.50. The zero-order chi connectivity index (χ0) is 10.9. The highest BCUT2D eigenvalue weighted by atomic mass is 79.9. The Hall–Kier alpha value is -0.500. The molecule has 1 nitrogen and oxygen atoms in total. The van der Waals surface area contributed by atoms with Crippen LogP contribution in [0.3, 0.4) is 0 Å². The zero-order valence-electron chi connectivity index (χ0n) is 9.32. The summed E-state index contributed by atoms with van der Waals surface area (Å²) in [5, 5.41) is 0. The maximum Gasteiger partial charge on any atom is 0.0350 e. The summed E-state index contributed by atoms with van der Waals surface area (Å²) in [6, 6.07) is 4.22. The number of halogens is 1. The number of anilines is 1. The van der Waals surface area contributed by atoms with Gasteiger partial charge in [0.25, 0.3) is 0 Å². The van der Waals surface area contributed by atoms with Crippen molar-refractivity contribution in [2.45, 2.75) is 39.5 Å². The van der Waals surface area contributed by atoms with Crippen molar-refractivity contribution in [1.29, 1.82) is 0 Å². The molecule has 0 aromatic heterocycles. The molecule has 0 aliphatic carbocycles. The van der Waals surface area contributed by atoms with Gasteiger partial charge < -0.3 is 5.73 Å². The van der Waals surface area contributed by atoms with Crippen molar-refractivity contribution in [3.63, 3.8) is 0 Å². The number of aryl methyl sites for hydroxylation is 1. The summed E-state index contributed by atoms with van der Waals surface area (Å²) in [5.74, 6) is 0. The van der Waals surface area contributed by atoms with Crippen LogP contribution in [0.5, 0.6) is 0 Å². The van der Waals surface area contributed by atoms with Crippen molar-refractivity contribution >= 4 is 21.6 Å².